The number of nitrogens with one attached hydrogen (secondary N) is 3. The van der Waals surface area contributed by atoms with Gasteiger partial charge in [-0.15, -0.1) is 0 Å². The fraction of sp³-hybridized carbons (Fsp3) is 0.318. The highest BCUT2D eigenvalue weighted by Crippen LogP contribution is 2.35. The number of hydrogen-bond donors (Lipinski definition) is 3. The molecule has 2 aromatic rings. The minimum Gasteiger partial charge on any atom is -0.339 e. The number of anilines is 2. The third-order valence-corrected chi connectivity index (χ3v) is 5.02. The lowest BCUT2D eigenvalue weighted by molar-refractivity contribution is -0.117. The van der Waals surface area contributed by atoms with Crippen LogP contribution >= 0.6 is 0 Å². The van der Waals surface area contributed by atoms with Crippen molar-refractivity contribution < 1.29 is 9.18 Å². The molecule has 2 aromatic heterocycles. The van der Waals surface area contributed by atoms with Crippen molar-refractivity contribution in [2.75, 3.05) is 10.6 Å². The van der Waals surface area contributed by atoms with E-state index in [9.17, 15) is 9.18 Å². The van der Waals surface area contributed by atoms with Crippen LogP contribution < -0.4 is 10.6 Å². The molecule has 0 saturated heterocycles. The lowest BCUT2D eigenvalue weighted by Gasteiger charge is -2.12. The molecule has 3 N–H and O–H groups in total. The molecule has 0 bridgehead atoms. The van der Waals surface area contributed by atoms with Gasteiger partial charge >= 0.3 is 0 Å². The number of aryl methyl sites for hydroxylation is 1. The fourth-order valence-corrected chi connectivity index (χ4v) is 2.94. The molecule has 1 amide bonds. The van der Waals surface area contributed by atoms with Gasteiger partial charge in [-0.2, -0.15) is 0 Å². The Labute approximate surface area is 180 Å². The molecule has 9 heteroatoms. The minimum absolute atomic E-state index is 0.249. The monoisotopic (exact) mass is 423 g/mol. The number of carbonyl (C=O) groups is 1. The van der Waals surface area contributed by atoms with Gasteiger partial charge in [-0.25, -0.2) is 19.3 Å². The number of rotatable bonds is 9. The van der Waals surface area contributed by atoms with Crippen molar-refractivity contribution in [2.24, 2.45) is 13.0 Å². The van der Waals surface area contributed by atoms with Crippen LogP contribution in [-0.2, 0) is 11.8 Å². The molecule has 0 radical (unpaired) electrons. The largest absolute Gasteiger partial charge is 0.339 e. The van der Waals surface area contributed by atoms with Gasteiger partial charge in [-0.1, -0.05) is 20.1 Å². The fourth-order valence-electron chi connectivity index (χ4n) is 2.94. The lowest BCUT2D eigenvalue weighted by atomic mass is 10.1. The third kappa shape index (κ3) is 5.11. The highest BCUT2D eigenvalue weighted by atomic mass is 19.1. The van der Waals surface area contributed by atoms with E-state index >= 15 is 0 Å². The normalized spacial score (nSPS) is 17.7. The Bertz CT molecular complexity index is 1090. The van der Waals surface area contributed by atoms with Crippen molar-refractivity contribution in [3.63, 3.8) is 0 Å². The second-order valence-corrected chi connectivity index (χ2v) is 7.48. The second kappa shape index (κ2) is 9.03. The number of hydrogen-bond acceptors (Lipinski definition) is 6. The Kier molecular flexibility index (Phi) is 6.43. The maximum atomic E-state index is 13.1. The van der Waals surface area contributed by atoms with E-state index in [1.807, 2.05) is 20.9 Å². The van der Waals surface area contributed by atoms with E-state index in [2.05, 4.69) is 38.7 Å². The third-order valence-electron chi connectivity index (χ3n) is 5.02. The van der Waals surface area contributed by atoms with Crippen molar-refractivity contribution in [1.29, 1.82) is 5.41 Å². The number of imidazole rings is 1. The molecule has 1 aliphatic carbocycles. The molecule has 8 nitrogen and oxygen atoms in total. The summed E-state index contributed by atoms with van der Waals surface area (Å²) in [6, 6.07) is 1.62. The summed E-state index contributed by atoms with van der Waals surface area (Å²) in [5.74, 6) is -0.161. The molecule has 2 atom stereocenters. The summed E-state index contributed by atoms with van der Waals surface area (Å²) in [5, 5.41) is 13.7. The summed E-state index contributed by atoms with van der Waals surface area (Å²) >= 11 is 0. The molecular formula is C22H26FN7O. The predicted octanol–water partition coefficient (Wildman–Crippen LogP) is 4.03. The zero-order chi connectivity index (χ0) is 22.7. The van der Waals surface area contributed by atoms with Gasteiger partial charge in [0.25, 0.3) is 0 Å². The smallest absolute Gasteiger partial charge is 0.231 e. The van der Waals surface area contributed by atoms with Gasteiger partial charge in [0.1, 0.15) is 24.0 Å². The van der Waals surface area contributed by atoms with Crippen molar-refractivity contribution in [2.45, 2.75) is 32.9 Å². The van der Waals surface area contributed by atoms with Gasteiger partial charge in [0.2, 0.25) is 5.91 Å². The SMILES string of the molecule is C=C(/C=C(/C)C(=C)Nc1ncn(C)c1-c1cc(NC(=O)C2CC2F)ncn1)C(=N)CC. The van der Waals surface area contributed by atoms with Crippen LogP contribution in [0.15, 0.2) is 54.8 Å². The number of amides is 1. The number of allylic oxidation sites excluding steroid dienone is 3. The zero-order valence-electron chi connectivity index (χ0n) is 17.9. The van der Waals surface area contributed by atoms with Crippen LogP contribution in [0.2, 0.25) is 0 Å². The molecular weight excluding hydrogens is 397 g/mol. The highest BCUT2D eigenvalue weighted by molar-refractivity contribution is 5.99. The average Bonchev–Trinajstić information content (AvgIpc) is 3.37. The Morgan fingerprint density at radius 2 is 2.06 bits per heavy atom. The van der Waals surface area contributed by atoms with Gasteiger partial charge in [-0.3, -0.25) is 4.79 Å². The van der Waals surface area contributed by atoms with Gasteiger partial charge in [-0.05, 0) is 37.0 Å². The maximum absolute atomic E-state index is 13.1. The standard InChI is InChI=1S/C22H26FN7O/c1-6-17(24)13(3)7-12(2)14(4)28-21-20(30(5)11-27-21)18-9-19(26-10-25-18)29-22(31)15-8-16(15)23/h7,9-11,15-16,24,28H,3-4,6,8H2,1-2,5H3,(H,25,26,29,31)/b12-7-,24-17?. The Morgan fingerprint density at radius 3 is 2.71 bits per heavy atom. The Balaban J connectivity index is 1.79. The molecule has 0 spiro atoms. The average molecular weight is 423 g/mol. The van der Waals surface area contributed by atoms with Crippen LogP contribution in [-0.4, -0.2) is 37.3 Å². The summed E-state index contributed by atoms with van der Waals surface area (Å²) < 4.78 is 14.9. The Hall–Kier alpha value is -3.62. The molecule has 1 fully saturated rings. The first-order valence-electron chi connectivity index (χ1n) is 9.91. The van der Waals surface area contributed by atoms with Gasteiger partial charge in [0.05, 0.1) is 17.9 Å². The van der Waals surface area contributed by atoms with Crippen LogP contribution in [0, 0.1) is 11.3 Å². The van der Waals surface area contributed by atoms with Gasteiger partial charge in [0.15, 0.2) is 5.82 Å². The topological polar surface area (TPSA) is 109 Å². The van der Waals surface area contributed by atoms with Gasteiger partial charge < -0.3 is 20.6 Å². The number of carbonyl (C=O) groups excluding carboxylic acids is 1. The highest BCUT2D eigenvalue weighted by Gasteiger charge is 2.43. The molecule has 1 saturated carbocycles. The predicted molar refractivity (Wildman–Crippen MR) is 120 cm³/mol. The van der Waals surface area contributed by atoms with E-state index in [1.165, 1.54) is 6.33 Å². The molecule has 2 unspecified atom stereocenters. The van der Waals surface area contributed by atoms with E-state index in [1.54, 1.807) is 23.0 Å². The van der Waals surface area contributed by atoms with Crippen LogP contribution in [0.5, 0.6) is 0 Å². The van der Waals surface area contributed by atoms with Crippen molar-refractivity contribution in [3.05, 3.63) is 54.8 Å². The molecule has 162 valence electrons. The first kappa shape index (κ1) is 22.1. The molecule has 2 heterocycles. The first-order valence-corrected chi connectivity index (χ1v) is 9.91. The maximum Gasteiger partial charge on any atom is 0.231 e. The zero-order valence-corrected chi connectivity index (χ0v) is 17.9. The summed E-state index contributed by atoms with van der Waals surface area (Å²) in [7, 11) is 1.82. The van der Waals surface area contributed by atoms with Crippen molar-refractivity contribution >= 4 is 23.3 Å². The van der Waals surface area contributed by atoms with Crippen LogP contribution in [0.1, 0.15) is 26.7 Å². The van der Waals surface area contributed by atoms with E-state index < -0.39 is 12.1 Å². The minimum atomic E-state index is -1.08. The van der Waals surface area contributed by atoms with Crippen LogP contribution in [0.3, 0.4) is 0 Å². The molecule has 3 rings (SSSR count). The summed E-state index contributed by atoms with van der Waals surface area (Å²) in [6.07, 6.45) is 4.55. The quantitative estimate of drug-likeness (QED) is 0.417. The first-order chi connectivity index (χ1) is 14.7. The number of halogens is 1. The molecule has 31 heavy (non-hydrogen) atoms. The van der Waals surface area contributed by atoms with Crippen LogP contribution in [0.25, 0.3) is 11.4 Å². The molecule has 0 aliphatic heterocycles. The summed E-state index contributed by atoms with van der Waals surface area (Å²) in [6.45, 7) is 11.8. The molecule has 1 aliphatic rings. The van der Waals surface area contributed by atoms with Gasteiger partial charge in [0, 0.05) is 24.5 Å². The molecule has 0 aromatic carbocycles. The lowest BCUT2D eigenvalue weighted by Crippen LogP contribution is -2.16. The number of aromatic nitrogens is 4. The Morgan fingerprint density at radius 1 is 1.35 bits per heavy atom. The van der Waals surface area contributed by atoms with Crippen molar-refractivity contribution in [3.8, 4) is 11.4 Å². The second-order valence-electron chi connectivity index (χ2n) is 7.48. The van der Waals surface area contributed by atoms with E-state index in [4.69, 9.17) is 5.41 Å². The number of nitrogens with zero attached hydrogens (tertiary/aromatic N) is 4. The van der Waals surface area contributed by atoms with Crippen LogP contribution in [0.4, 0.5) is 16.0 Å². The van der Waals surface area contributed by atoms with E-state index in [0.29, 0.717) is 46.4 Å². The summed E-state index contributed by atoms with van der Waals surface area (Å²) in [4.78, 5) is 24.8. The van der Waals surface area contributed by atoms with Crippen molar-refractivity contribution in [1.82, 2.24) is 19.5 Å². The summed E-state index contributed by atoms with van der Waals surface area (Å²) in [5.41, 5.74) is 3.72. The van der Waals surface area contributed by atoms with E-state index in [0.717, 1.165) is 5.57 Å². The number of alkyl halides is 1. The van der Waals surface area contributed by atoms with E-state index in [-0.39, 0.29) is 12.3 Å².